The third-order valence-corrected chi connectivity index (χ3v) is 3.91. The molecule has 1 saturated heterocycles. The highest BCUT2D eigenvalue weighted by Crippen LogP contribution is 2.27. The van der Waals surface area contributed by atoms with Crippen molar-refractivity contribution in [3.8, 4) is 0 Å². The number of carbonyl (C=O) groups excluding carboxylic acids is 1. The van der Waals surface area contributed by atoms with E-state index >= 15 is 0 Å². The molecule has 2 atom stereocenters. The van der Waals surface area contributed by atoms with Crippen molar-refractivity contribution in [2.24, 2.45) is 5.92 Å². The highest BCUT2D eigenvalue weighted by molar-refractivity contribution is 9.10. The first kappa shape index (κ1) is 13.9. The number of carbonyl (C=O) groups is 2. The Labute approximate surface area is 119 Å². The van der Waals surface area contributed by atoms with E-state index in [2.05, 4.69) is 21.2 Å². The van der Waals surface area contributed by atoms with Crippen LogP contribution in [-0.2, 0) is 4.79 Å². The molecule has 5 nitrogen and oxygen atoms in total. The smallest absolute Gasteiger partial charge is 0.318 e. The quantitative estimate of drug-likeness (QED) is 0.891. The zero-order valence-electron chi connectivity index (χ0n) is 10.5. The Morgan fingerprint density at radius 1 is 1.58 bits per heavy atom. The summed E-state index contributed by atoms with van der Waals surface area (Å²) in [6.07, 6.45) is 0. The Morgan fingerprint density at radius 2 is 2.26 bits per heavy atom. The minimum Gasteiger partial charge on any atom is -0.481 e. The van der Waals surface area contributed by atoms with E-state index in [9.17, 15) is 9.59 Å². The Hall–Kier alpha value is -1.56. The van der Waals surface area contributed by atoms with E-state index in [1.165, 1.54) is 0 Å². The summed E-state index contributed by atoms with van der Waals surface area (Å²) in [6.45, 7) is 2.31. The van der Waals surface area contributed by atoms with E-state index in [1.54, 1.807) is 11.8 Å². The van der Waals surface area contributed by atoms with Crippen molar-refractivity contribution >= 4 is 27.9 Å². The Balaban J connectivity index is 2.07. The van der Waals surface area contributed by atoms with Crippen LogP contribution in [0.2, 0.25) is 0 Å². The molecule has 2 amide bonds. The van der Waals surface area contributed by atoms with Gasteiger partial charge in [-0.1, -0.05) is 41.1 Å². The Bertz CT molecular complexity index is 506. The summed E-state index contributed by atoms with van der Waals surface area (Å²) in [5, 5.41) is 11.8. The predicted octanol–water partition coefficient (Wildman–Crippen LogP) is 2.24. The number of benzene rings is 1. The topological polar surface area (TPSA) is 69.6 Å². The van der Waals surface area contributed by atoms with Crippen molar-refractivity contribution in [3.63, 3.8) is 0 Å². The maximum absolute atomic E-state index is 11.8. The number of carboxylic acid groups (broad SMARTS) is 1. The van der Waals surface area contributed by atoms with E-state index in [4.69, 9.17) is 5.11 Å². The fourth-order valence-corrected chi connectivity index (χ4v) is 2.65. The van der Waals surface area contributed by atoms with Gasteiger partial charge in [0.15, 0.2) is 0 Å². The SMILES string of the molecule is CC(CN1CC(c2ccccc2Br)NC1=O)C(=O)O. The van der Waals surface area contributed by atoms with Gasteiger partial charge in [-0.25, -0.2) is 4.79 Å². The second-order valence-electron chi connectivity index (χ2n) is 4.67. The van der Waals surface area contributed by atoms with Crippen LogP contribution in [0.5, 0.6) is 0 Å². The van der Waals surface area contributed by atoms with Gasteiger partial charge in [0, 0.05) is 17.6 Å². The molecule has 1 aliphatic rings. The molecule has 0 radical (unpaired) electrons. The molecule has 6 heteroatoms. The number of urea groups is 1. The molecule has 0 aliphatic carbocycles. The van der Waals surface area contributed by atoms with Gasteiger partial charge >= 0.3 is 12.0 Å². The first-order valence-electron chi connectivity index (χ1n) is 6.01. The first-order valence-corrected chi connectivity index (χ1v) is 6.81. The summed E-state index contributed by atoms with van der Waals surface area (Å²) in [4.78, 5) is 24.2. The zero-order chi connectivity index (χ0) is 14.0. The van der Waals surface area contributed by atoms with Crippen LogP contribution in [-0.4, -0.2) is 35.1 Å². The zero-order valence-corrected chi connectivity index (χ0v) is 12.1. The minimum atomic E-state index is -0.892. The first-order chi connectivity index (χ1) is 8.99. The lowest BCUT2D eigenvalue weighted by Gasteiger charge is -2.17. The van der Waals surface area contributed by atoms with Crippen molar-refractivity contribution in [1.82, 2.24) is 10.2 Å². The summed E-state index contributed by atoms with van der Waals surface area (Å²) in [5.74, 6) is -1.46. The Kier molecular flexibility index (Phi) is 4.09. The van der Waals surface area contributed by atoms with Gasteiger partial charge in [-0.05, 0) is 11.6 Å². The van der Waals surface area contributed by atoms with Gasteiger partial charge in [-0.3, -0.25) is 4.79 Å². The van der Waals surface area contributed by atoms with Crippen LogP contribution in [0.1, 0.15) is 18.5 Å². The van der Waals surface area contributed by atoms with Crippen molar-refractivity contribution in [3.05, 3.63) is 34.3 Å². The van der Waals surface area contributed by atoms with E-state index in [1.807, 2.05) is 24.3 Å². The van der Waals surface area contributed by atoms with Crippen molar-refractivity contribution in [2.75, 3.05) is 13.1 Å². The molecule has 1 aromatic carbocycles. The third-order valence-electron chi connectivity index (χ3n) is 3.18. The average molecular weight is 327 g/mol. The molecule has 2 N–H and O–H groups in total. The van der Waals surface area contributed by atoms with Gasteiger partial charge < -0.3 is 15.3 Å². The second kappa shape index (κ2) is 5.61. The number of aliphatic carboxylic acids is 1. The molecule has 0 aromatic heterocycles. The molecular formula is C13H15BrN2O3. The van der Waals surface area contributed by atoms with Crippen LogP contribution in [0.15, 0.2) is 28.7 Å². The summed E-state index contributed by atoms with van der Waals surface area (Å²) < 4.78 is 0.938. The molecule has 19 heavy (non-hydrogen) atoms. The van der Waals surface area contributed by atoms with Crippen LogP contribution in [0.25, 0.3) is 0 Å². The van der Waals surface area contributed by atoms with E-state index in [0.29, 0.717) is 6.54 Å². The highest BCUT2D eigenvalue weighted by atomic mass is 79.9. The summed E-state index contributed by atoms with van der Waals surface area (Å²) in [7, 11) is 0. The van der Waals surface area contributed by atoms with Gasteiger partial charge in [0.05, 0.1) is 12.0 Å². The van der Waals surface area contributed by atoms with Crippen molar-refractivity contribution < 1.29 is 14.7 Å². The number of nitrogens with one attached hydrogen (secondary N) is 1. The second-order valence-corrected chi connectivity index (χ2v) is 5.52. The lowest BCUT2D eigenvalue weighted by molar-refractivity contribution is -0.141. The molecule has 102 valence electrons. The van der Waals surface area contributed by atoms with Gasteiger partial charge in [-0.2, -0.15) is 0 Å². The summed E-state index contributed by atoms with van der Waals surface area (Å²) in [6, 6.07) is 7.37. The number of rotatable bonds is 4. The molecule has 1 heterocycles. The fraction of sp³-hybridized carbons (Fsp3) is 0.385. The molecule has 1 aliphatic heterocycles. The molecule has 0 bridgehead atoms. The maximum atomic E-state index is 11.8. The number of nitrogens with zero attached hydrogens (tertiary/aromatic N) is 1. The van der Waals surface area contributed by atoms with Crippen LogP contribution in [0.3, 0.4) is 0 Å². The number of hydrogen-bond acceptors (Lipinski definition) is 2. The van der Waals surface area contributed by atoms with E-state index < -0.39 is 11.9 Å². The van der Waals surface area contributed by atoms with Gasteiger partial charge in [0.2, 0.25) is 0 Å². The van der Waals surface area contributed by atoms with Crippen molar-refractivity contribution in [1.29, 1.82) is 0 Å². The number of amides is 2. The van der Waals surface area contributed by atoms with Gasteiger partial charge in [0.1, 0.15) is 0 Å². The standard InChI is InChI=1S/C13H15BrN2O3/c1-8(12(17)18)6-16-7-11(15-13(16)19)9-4-2-3-5-10(9)14/h2-5,8,11H,6-7H2,1H3,(H,15,19)(H,17,18). The predicted molar refractivity (Wildman–Crippen MR) is 73.8 cm³/mol. The maximum Gasteiger partial charge on any atom is 0.318 e. The largest absolute Gasteiger partial charge is 0.481 e. The minimum absolute atomic E-state index is 0.107. The molecular weight excluding hydrogens is 312 g/mol. The van der Waals surface area contributed by atoms with Crippen LogP contribution < -0.4 is 5.32 Å². The van der Waals surface area contributed by atoms with Gasteiger partial charge in [0.25, 0.3) is 0 Å². The van der Waals surface area contributed by atoms with Crippen LogP contribution >= 0.6 is 15.9 Å². The lowest BCUT2D eigenvalue weighted by atomic mass is 10.1. The van der Waals surface area contributed by atoms with Crippen LogP contribution in [0.4, 0.5) is 4.79 Å². The van der Waals surface area contributed by atoms with Gasteiger partial charge in [-0.15, -0.1) is 0 Å². The number of halogens is 1. The van der Waals surface area contributed by atoms with Crippen molar-refractivity contribution in [2.45, 2.75) is 13.0 Å². The monoisotopic (exact) mass is 326 g/mol. The third kappa shape index (κ3) is 3.07. The number of hydrogen-bond donors (Lipinski definition) is 2. The summed E-state index contributed by atoms with van der Waals surface area (Å²) >= 11 is 3.46. The molecule has 2 rings (SSSR count). The molecule has 1 aromatic rings. The normalized spacial score (nSPS) is 20.2. The molecule has 2 unspecified atom stereocenters. The van der Waals surface area contributed by atoms with E-state index in [-0.39, 0.29) is 18.6 Å². The number of carboxylic acids is 1. The molecule has 1 fully saturated rings. The van der Waals surface area contributed by atoms with Crippen LogP contribution in [0, 0.1) is 5.92 Å². The summed E-state index contributed by atoms with van der Waals surface area (Å²) in [5.41, 5.74) is 1.00. The van der Waals surface area contributed by atoms with E-state index in [0.717, 1.165) is 10.0 Å². The molecule has 0 saturated carbocycles. The lowest BCUT2D eigenvalue weighted by Crippen LogP contribution is -2.34. The highest BCUT2D eigenvalue weighted by Gasteiger charge is 2.32. The Morgan fingerprint density at radius 3 is 2.89 bits per heavy atom. The molecule has 0 spiro atoms. The fourth-order valence-electron chi connectivity index (χ4n) is 2.09. The average Bonchev–Trinajstić information content (AvgIpc) is 2.71.